The molecule has 230 valence electrons. The van der Waals surface area contributed by atoms with Gasteiger partial charge < -0.3 is 82.9 Å². The zero-order valence-corrected chi connectivity index (χ0v) is 21.7. The molecule has 16 N–H and O–H groups in total. The molecule has 19 nitrogen and oxygen atoms in total. The Labute approximate surface area is 228 Å². The van der Waals surface area contributed by atoms with Crippen molar-refractivity contribution in [1.82, 2.24) is 5.32 Å². The molecule has 1 saturated carbocycles. The molecule has 0 aromatic carbocycles. The third-order valence-corrected chi connectivity index (χ3v) is 7.34. The molecular formula is C21H39N7O12. The van der Waals surface area contributed by atoms with Crippen LogP contribution in [-0.2, 0) is 23.7 Å². The minimum absolute atomic E-state index is 0.140. The molecule has 40 heavy (non-hydrogen) atoms. The second-order valence-electron chi connectivity index (χ2n) is 9.89. The van der Waals surface area contributed by atoms with Crippen LogP contribution in [0, 0.1) is 0 Å². The van der Waals surface area contributed by atoms with Gasteiger partial charge in [-0.25, -0.2) is 9.98 Å². The number of aldehydes is 1. The van der Waals surface area contributed by atoms with E-state index in [0.29, 0.717) is 0 Å². The molecule has 2 saturated heterocycles. The first-order chi connectivity index (χ1) is 18.7. The van der Waals surface area contributed by atoms with Crippen molar-refractivity contribution in [3.05, 3.63) is 0 Å². The zero-order chi connectivity index (χ0) is 30.1. The third-order valence-electron chi connectivity index (χ3n) is 7.34. The molecule has 15 atom stereocenters. The number of nitrogens with two attached hydrogens (primary N) is 4. The van der Waals surface area contributed by atoms with Gasteiger partial charge in [-0.05, 0) is 14.0 Å². The first-order valence-electron chi connectivity index (χ1n) is 12.4. The highest BCUT2D eigenvalue weighted by Gasteiger charge is 2.60. The van der Waals surface area contributed by atoms with E-state index in [9.17, 15) is 40.5 Å². The van der Waals surface area contributed by atoms with Gasteiger partial charge in [-0.15, -0.1) is 0 Å². The maximum absolute atomic E-state index is 12.1. The van der Waals surface area contributed by atoms with Gasteiger partial charge in [-0.3, -0.25) is 4.79 Å². The fourth-order valence-electron chi connectivity index (χ4n) is 5.08. The van der Waals surface area contributed by atoms with E-state index in [0.717, 1.165) is 0 Å². The lowest BCUT2D eigenvalue weighted by atomic mass is 9.81. The van der Waals surface area contributed by atoms with Crippen molar-refractivity contribution < 1.29 is 59.5 Å². The van der Waals surface area contributed by atoms with E-state index in [1.54, 1.807) is 0 Å². The average Bonchev–Trinajstić information content (AvgIpc) is 3.13. The van der Waals surface area contributed by atoms with Gasteiger partial charge >= 0.3 is 0 Å². The lowest BCUT2D eigenvalue weighted by Gasteiger charge is -2.45. The van der Waals surface area contributed by atoms with Crippen LogP contribution in [0.15, 0.2) is 9.98 Å². The lowest BCUT2D eigenvalue weighted by molar-refractivity contribution is -0.314. The maximum Gasteiger partial charge on any atom is 0.188 e. The highest BCUT2D eigenvalue weighted by molar-refractivity contribution is 5.76. The summed E-state index contributed by atoms with van der Waals surface area (Å²) in [6, 6.07) is -4.08. The molecule has 19 heteroatoms. The molecule has 0 aromatic heterocycles. The minimum Gasteiger partial charge on any atom is -0.394 e. The van der Waals surface area contributed by atoms with E-state index >= 15 is 0 Å². The molecule has 3 rings (SSSR count). The standard InChI is InChI=1S/C21H39N7O12/c1-5-21(36,4-30)16(40-17-9(26-2)13(34)10(31)6(3-29)38-17)18(37-5)39-15-8(28-20(24)25)11(32)7(27-19(22)23)12(33)14(15)35/h4-18,26,29,31-36H,3H2,1-2H3,(H4,22,23,27)(H4,24,25,28)/t5-,6+,7+,8-,9+,10+,11-,12+,13+,14+,15-,16+,17+,18-,21-/m0/s1. The van der Waals surface area contributed by atoms with Crippen LogP contribution in [-0.4, -0.2) is 159 Å². The van der Waals surface area contributed by atoms with Gasteiger partial charge in [0.05, 0.1) is 18.8 Å². The molecule has 0 unspecified atom stereocenters. The number of aliphatic imine (C=N–C) groups is 2. The first-order valence-corrected chi connectivity index (χ1v) is 12.4. The quantitative estimate of drug-likeness (QED) is 0.0682. The van der Waals surface area contributed by atoms with E-state index in [1.807, 2.05) is 0 Å². The van der Waals surface area contributed by atoms with Crippen LogP contribution in [0.4, 0.5) is 0 Å². The van der Waals surface area contributed by atoms with Crippen molar-refractivity contribution in [2.45, 2.75) is 98.2 Å². The van der Waals surface area contributed by atoms with Gasteiger partial charge in [-0.1, -0.05) is 0 Å². The second-order valence-corrected chi connectivity index (χ2v) is 9.89. The normalized spacial score (nSPS) is 47.4. The Balaban J connectivity index is 1.96. The number of guanidine groups is 2. The fourth-order valence-corrected chi connectivity index (χ4v) is 5.08. The van der Waals surface area contributed by atoms with E-state index in [-0.39, 0.29) is 6.29 Å². The smallest absolute Gasteiger partial charge is 0.188 e. The van der Waals surface area contributed by atoms with Crippen molar-refractivity contribution in [3.8, 4) is 0 Å². The second kappa shape index (κ2) is 12.7. The highest BCUT2D eigenvalue weighted by Crippen LogP contribution is 2.38. The van der Waals surface area contributed by atoms with Crippen LogP contribution in [0.3, 0.4) is 0 Å². The molecule has 3 fully saturated rings. The number of likely N-dealkylation sites (N-methyl/N-ethyl adjacent to an activating group) is 1. The van der Waals surface area contributed by atoms with Gasteiger partial charge in [0, 0.05) is 0 Å². The van der Waals surface area contributed by atoms with Crippen molar-refractivity contribution in [3.63, 3.8) is 0 Å². The van der Waals surface area contributed by atoms with Crippen LogP contribution < -0.4 is 28.3 Å². The van der Waals surface area contributed by atoms with Gasteiger partial charge in [0.1, 0.15) is 60.9 Å². The number of carbonyl (C=O) groups excluding carboxylic acids is 1. The molecule has 0 radical (unpaired) electrons. The number of ether oxygens (including phenoxy) is 4. The van der Waals surface area contributed by atoms with Gasteiger partial charge in [0.25, 0.3) is 0 Å². The average molecular weight is 582 g/mol. The molecule has 0 amide bonds. The molecule has 1 aliphatic carbocycles. The van der Waals surface area contributed by atoms with Gasteiger partial charge in [0.15, 0.2) is 36.4 Å². The summed E-state index contributed by atoms with van der Waals surface area (Å²) >= 11 is 0. The molecule has 3 aliphatic rings. The predicted octanol–water partition coefficient (Wildman–Crippen LogP) is -8.16. The Morgan fingerprint density at radius 2 is 1.50 bits per heavy atom. The Morgan fingerprint density at radius 3 is 2.02 bits per heavy atom. The van der Waals surface area contributed by atoms with E-state index in [4.69, 9.17) is 41.9 Å². The summed E-state index contributed by atoms with van der Waals surface area (Å²) in [5.74, 6) is -1.03. The van der Waals surface area contributed by atoms with Crippen molar-refractivity contribution in [2.24, 2.45) is 32.9 Å². The molecule has 2 aliphatic heterocycles. The number of aliphatic hydroxyl groups is 7. The molecule has 2 heterocycles. The number of hydrogen-bond donors (Lipinski definition) is 12. The zero-order valence-electron chi connectivity index (χ0n) is 21.7. The number of rotatable bonds is 9. The first kappa shape index (κ1) is 32.2. The third kappa shape index (κ3) is 6.00. The number of hydrogen-bond acceptors (Lipinski definition) is 15. The fraction of sp³-hybridized carbons (Fsp3) is 0.857. The number of carbonyl (C=O) groups is 1. The summed E-state index contributed by atoms with van der Waals surface area (Å²) in [4.78, 5) is 19.7. The minimum atomic E-state index is -2.38. The highest BCUT2D eigenvalue weighted by atomic mass is 16.8. The largest absolute Gasteiger partial charge is 0.394 e. The number of nitrogens with one attached hydrogen (secondary N) is 1. The van der Waals surface area contributed by atoms with Crippen LogP contribution in [0.1, 0.15) is 6.92 Å². The SMILES string of the molecule is CN[C@H]1[C@@H](O[C@@H]2[C@H](O[C@@H]3[C@H](O)[C@H](O)[C@H](N=C(N)N)[C@H](O)[C@@H]3N=C(N)N)O[C@@H](C)[C@@]2(O)C=O)O[C@H](CO)[C@@H](O)[C@@H]1O. The summed E-state index contributed by atoms with van der Waals surface area (Å²) in [7, 11) is 1.42. The van der Waals surface area contributed by atoms with Crippen molar-refractivity contribution in [1.29, 1.82) is 0 Å². The van der Waals surface area contributed by atoms with Crippen LogP contribution in [0.2, 0.25) is 0 Å². The summed E-state index contributed by atoms with van der Waals surface area (Å²) in [6.45, 7) is 0.620. The molecular weight excluding hydrogens is 542 g/mol. The van der Waals surface area contributed by atoms with Crippen molar-refractivity contribution in [2.75, 3.05) is 13.7 Å². The molecule has 0 aromatic rings. The van der Waals surface area contributed by atoms with E-state index < -0.39 is 110 Å². The maximum atomic E-state index is 12.1. The number of aliphatic hydroxyl groups excluding tert-OH is 6. The number of nitrogens with zero attached hydrogens (tertiary/aromatic N) is 2. The molecule has 0 spiro atoms. The van der Waals surface area contributed by atoms with Crippen LogP contribution in [0.5, 0.6) is 0 Å². The summed E-state index contributed by atoms with van der Waals surface area (Å²) in [6.07, 6.45) is -17.3. The van der Waals surface area contributed by atoms with Crippen LogP contribution >= 0.6 is 0 Å². The topological polar surface area (TPSA) is 336 Å². The van der Waals surface area contributed by atoms with Gasteiger partial charge in [-0.2, -0.15) is 0 Å². The molecule has 0 bridgehead atoms. The van der Waals surface area contributed by atoms with Crippen LogP contribution in [0.25, 0.3) is 0 Å². The predicted molar refractivity (Wildman–Crippen MR) is 133 cm³/mol. The Morgan fingerprint density at radius 1 is 0.900 bits per heavy atom. The summed E-state index contributed by atoms with van der Waals surface area (Å²) in [5, 5.41) is 76.6. The monoisotopic (exact) mass is 581 g/mol. The Bertz CT molecular complexity index is 940. The Kier molecular flexibility index (Phi) is 10.2. The van der Waals surface area contributed by atoms with Crippen molar-refractivity contribution >= 4 is 18.2 Å². The van der Waals surface area contributed by atoms with Gasteiger partial charge in [0.2, 0.25) is 0 Å². The lowest BCUT2D eigenvalue weighted by Crippen LogP contribution is -2.66. The summed E-state index contributed by atoms with van der Waals surface area (Å²) in [5.41, 5.74) is 19.4. The van der Waals surface area contributed by atoms with E-state index in [2.05, 4.69) is 15.3 Å². The Hall–Kier alpha value is -2.27. The van der Waals surface area contributed by atoms with E-state index in [1.165, 1.54) is 14.0 Å². The summed E-state index contributed by atoms with van der Waals surface area (Å²) < 4.78 is 22.9.